The molecule has 10 nitrogen and oxygen atoms in total. The van der Waals surface area contributed by atoms with E-state index in [1.807, 2.05) is 30.3 Å². The maximum atomic E-state index is 14.3. The number of rotatable bonds is 8. The summed E-state index contributed by atoms with van der Waals surface area (Å²) in [5.74, 6) is 1.86. The van der Waals surface area contributed by atoms with E-state index in [-0.39, 0.29) is 50.6 Å². The number of benzene rings is 2. The van der Waals surface area contributed by atoms with Crippen molar-refractivity contribution in [2.75, 3.05) is 5.43 Å². The molecule has 0 radical (unpaired) electrons. The smallest absolute Gasteiger partial charge is 0.312 e. The number of esters is 1. The lowest BCUT2D eigenvalue weighted by molar-refractivity contribution is -0.393. The Bertz CT molecular complexity index is 1860. The van der Waals surface area contributed by atoms with Gasteiger partial charge in [-0.05, 0) is 129 Å². The Morgan fingerprint density at radius 1 is 0.887 bits per heavy atom. The van der Waals surface area contributed by atoms with Gasteiger partial charge in [0, 0.05) is 17.2 Å². The van der Waals surface area contributed by atoms with Crippen LogP contribution in [0.3, 0.4) is 0 Å². The molecule has 0 unspecified atom stereocenters. The number of nitro groups is 2. The topological polar surface area (TPSA) is 137 Å². The summed E-state index contributed by atoms with van der Waals surface area (Å²) in [5.41, 5.74) is 5.16. The molecule has 0 saturated heterocycles. The van der Waals surface area contributed by atoms with Crippen molar-refractivity contribution in [3.63, 3.8) is 0 Å². The van der Waals surface area contributed by atoms with Crippen LogP contribution in [0.2, 0.25) is 0 Å². The molecule has 0 bridgehead atoms. The summed E-state index contributed by atoms with van der Waals surface area (Å²) in [7, 11) is 0. The van der Waals surface area contributed by atoms with Gasteiger partial charge in [-0.15, -0.1) is 0 Å². The van der Waals surface area contributed by atoms with E-state index >= 15 is 0 Å². The number of allylic oxidation sites excluding steroid dienone is 1. The Hall–Kier alpha value is -4.08. The van der Waals surface area contributed by atoms with Crippen molar-refractivity contribution in [1.82, 2.24) is 0 Å². The molecule has 2 aromatic rings. The number of fused-ring (bicyclic) bond motifs is 7. The number of hydrogen-bond donors (Lipinski definition) is 1. The van der Waals surface area contributed by atoms with Gasteiger partial charge in [-0.25, -0.2) is 0 Å². The minimum atomic E-state index is -0.629. The van der Waals surface area contributed by atoms with Crippen molar-refractivity contribution in [2.45, 2.75) is 112 Å². The molecular formula is C43H56N4O6. The second-order valence-corrected chi connectivity index (χ2v) is 18.5. The minimum absolute atomic E-state index is 0.00591. The summed E-state index contributed by atoms with van der Waals surface area (Å²) in [6.45, 7) is 19.2. The molecule has 284 valence electrons. The first-order valence-electron chi connectivity index (χ1n) is 19.6. The molecule has 5 aliphatic rings. The quantitative estimate of drug-likeness (QED) is 0.124. The summed E-state index contributed by atoms with van der Waals surface area (Å²) in [6.07, 6.45) is 9.95. The van der Waals surface area contributed by atoms with E-state index in [2.05, 4.69) is 53.5 Å². The van der Waals surface area contributed by atoms with Gasteiger partial charge in [0.15, 0.2) is 0 Å². The SMILES string of the molecule is C=C(C)[C@@H]1CC[C@]2(C(=O)OCc3ccccc3)CC[C@]3(C)[C@H](CC[C@@H]4[C@@]5(C)CC/C(=N/Nc6ccc([N+](=O)[O-])cc6[N+](=O)[O-])C(C)(C)[C@@H]5CC[C@]43C)[C@@H]12. The summed E-state index contributed by atoms with van der Waals surface area (Å²) >= 11 is 0. The molecule has 1 N–H and O–H groups in total. The van der Waals surface area contributed by atoms with Crippen LogP contribution in [0.4, 0.5) is 17.1 Å². The first kappa shape index (κ1) is 37.2. The largest absolute Gasteiger partial charge is 0.460 e. The standard InChI is InChI=1S/C43H56N4O6/c1-27(2)30-17-22-43(38(48)53-26-28-11-9-8-10-12-28)24-23-41(6)31(37(30)43)14-16-35-40(5)20-19-36(39(3,4)34(40)18-21-42(35,41)7)45-44-32-15-13-29(46(49)50)25-33(32)47(51)52/h8-13,15,25,30-31,34-35,37,44H,1,14,16-24,26H2,2-7H3/b45-36-/t30-,31+,34-,35+,37+,40-,41+,42+,43-/m0/s1. The monoisotopic (exact) mass is 724 g/mol. The Morgan fingerprint density at radius 3 is 2.30 bits per heavy atom. The lowest BCUT2D eigenvalue weighted by atomic mass is 9.32. The summed E-state index contributed by atoms with van der Waals surface area (Å²) in [6, 6.07) is 13.6. The fourth-order valence-corrected chi connectivity index (χ4v) is 13.4. The number of nitro benzene ring substituents is 2. The Morgan fingerprint density at radius 2 is 1.62 bits per heavy atom. The van der Waals surface area contributed by atoms with Crippen LogP contribution in [0.25, 0.3) is 0 Å². The lowest BCUT2D eigenvalue weighted by Crippen LogP contribution is -2.66. The maximum Gasteiger partial charge on any atom is 0.312 e. The molecule has 53 heavy (non-hydrogen) atoms. The van der Waals surface area contributed by atoms with Gasteiger partial charge < -0.3 is 4.74 Å². The molecule has 2 aromatic carbocycles. The van der Waals surface area contributed by atoms with E-state index in [0.29, 0.717) is 30.3 Å². The van der Waals surface area contributed by atoms with Gasteiger partial charge in [-0.2, -0.15) is 5.10 Å². The molecule has 5 fully saturated rings. The highest BCUT2D eigenvalue weighted by Crippen LogP contribution is 2.77. The summed E-state index contributed by atoms with van der Waals surface area (Å²) in [4.78, 5) is 36.2. The van der Waals surface area contributed by atoms with Crippen molar-refractivity contribution in [2.24, 2.45) is 61.8 Å². The zero-order valence-electron chi connectivity index (χ0n) is 32.3. The number of carbonyl (C=O) groups is 1. The zero-order valence-corrected chi connectivity index (χ0v) is 32.3. The Kier molecular flexibility index (Phi) is 9.17. The Balaban J connectivity index is 1.15. The molecule has 5 saturated carbocycles. The predicted molar refractivity (Wildman–Crippen MR) is 206 cm³/mol. The fraction of sp³-hybridized carbons (Fsp3) is 0.628. The molecule has 0 aromatic heterocycles. The third-order valence-corrected chi connectivity index (χ3v) is 16.2. The third kappa shape index (κ3) is 5.63. The first-order chi connectivity index (χ1) is 25.0. The number of hydrazone groups is 1. The number of ether oxygens (including phenoxy) is 1. The van der Waals surface area contributed by atoms with Crippen molar-refractivity contribution in [3.05, 3.63) is 86.5 Å². The average molecular weight is 725 g/mol. The number of non-ortho nitro benzene ring substituents is 1. The number of nitrogens with zero attached hydrogens (tertiary/aromatic N) is 3. The second-order valence-electron chi connectivity index (χ2n) is 18.5. The summed E-state index contributed by atoms with van der Waals surface area (Å²) in [5, 5.41) is 27.9. The highest BCUT2D eigenvalue weighted by Gasteiger charge is 2.72. The van der Waals surface area contributed by atoms with E-state index in [0.717, 1.165) is 81.5 Å². The van der Waals surface area contributed by atoms with E-state index in [1.54, 1.807) is 0 Å². The van der Waals surface area contributed by atoms with Crippen LogP contribution in [0, 0.1) is 76.9 Å². The van der Waals surface area contributed by atoms with E-state index < -0.39 is 15.3 Å². The van der Waals surface area contributed by atoms with Crippen LogP contribution < -0.4 is 5.43 Å². The molecule has 5 aliphatic carbocycles. The van der Waals surface area contributed by atoms with Gasteiger partial charge >= 0.3 is 11.7 Å². The van der Waals surface area contributed by atoms with Gasteiger partial charge in [0.25, 0.3) is 5.69 Å². The van der Waals surface area contributed by atoms with Gasteiger partial charge in [0.1, 0.15) is 12.3 Å². The van der Waals surface area contributed by atoms with Crippen LogP contribution in [0.1, 0.15) is 111 Å². The molecular weight excluding hydrogens is 668 g/mol. The normalized spacial score (nSPS) is 37.7. The highest BCUT2D eigenvalue weighted by atomic mass is 16.6. The lowest BCUT2D eigenvalue weighted by Gasteiger charge is -2.72. The summed E-state index contributed by atoms with van der Waals surface area (Å²) < 4.78 is 6.20. The third-order valence-electron chi connectivity index (χ3n) is 16.2. The first-order valence-corrected chi connectivity index (χ1v) is 19.6. The number of carbonyl (C=O) groups excluding carboxylic acids is 1. The van der Waals surface area contributed by atoms with E-state index in [9.17, 15) is 25.0 Å². The molecule has 0 spiro atoms. The number of anilines is 1. The van der Waals surface area contributed by atoms with Crippen molar-refractivity contribution >= 4 is 28.7 Å². The van der Waals surface area contributed by atoms with Crippen LogP contribution >= 0.6 is 0 Å². The minimum Gasteiger partial charge on any atom is -0.460 e. The fourth-order valence-electron chi connectivity index (χ4n) is 13.4. The van der Waals surface area contributed by atoms with Crippen LogP contribution in [-0.4, -0.2) is 21.5 Å². The molecule has 0 aliphatic heterocycles. The van der Waals surface area contributed by atoms with Gasteiger partial charge in [-0.3, -0.25) is 30.4 Å². The van der Waals surface area contributed by atoms with Crippen LogP contribution in [0.15, 0.2) is 65.8 Å². The van der Waals surface area contributed by atoms with Crippen molar-refractivity contribution in [1.29, 1.82) is 0 Å². The molecule has 0 heterocycles. The molecule has 7 rings (SSSR count). The second kappa shape index (κ2) is 13.0. The van der Waals surface area contributed by atoms with Crippen LogP contribution in [0.5, 0.6) is 0 Å². The van der Waals surface area contributed by atoms with Gasteiger partial charge in [0.2, 0.25) is 0 Å². The predicted octanol–water partition coefficient (Wildman–Crippen LogP) is 10.7. The molecule has 10 heteroatoms. The number of hydrogen-bond acceptors (Lipinski definition) is 8. The molecule has 0 amide bonds. The highest BCUT2D eigenvalue weighted by molar-refractivity contribution is 5.91. The molecule has 9 atom stereocenters. The maximum absolute atomic E-state index is 14.3. The van der Waals surface area contributed by atoms with Gasteiger partial charge in [0.05, 0.1) is 21.3 Å². The van der Waals surface area contributed by atoms with Crippen molar-refractivity contribution < 1.29 is 19.4 Å². The van der Waals surface area contributed by atoms with E-state index in [4.69, 9.17) is 9.84 Å². The van der Waals surface area contributed by atoms with Gasteiger partial charge in [-0.1, -0.05) is 77.1 Å². The zero-order chi connectivity index (χ0) is 38.1. The van der Waals surface area contributed by atoms with Crippen LogP contribution in [-0.2, 0) is 16.1 Å². The number of nitrogens with one attached hydrogen (secondary N) is 1. The van der Waals surface area contributed by atoms with E-state index in [1.165, 1.54) is 17.7 Å². The Labute approximate surface area is 313 Å². The van der Waals surface area contributed by atoms with Crippen molar-refractivity contribution in [3.8, 4) is 0 Å². The average Bonchev–Trinajstić information content (AvgIpc) is 3.52.